The number of amides is 2. The molecule has 0 spiro atoms. The first kappa shape index (κ1) is 15.7. The summed E-state index contributed by atoms with van der Waals surface area (Å²) in [7, 11) is 0. The number of carbonyl (C=O) groups excluding carboxylic acids is 1. The third-order valence-electron chi connectivity index (χ3n) is 4.80. The van der Waals surface area contributed by atoms with Crippen LogP contribution in [0.3, 0.4) is 0 Å². The molecule has 0 unspecified atom stereocenters. The molecule has 3 rings (SSSR count). The van der Waals surface area contributed by atoms with Crippen molar-refractivity contribution in [2.75, 3.05) is 11.9 Å². The highest BCUT2D eigenvalue weighted by Crippen LogP contribution is 2.31. The average Bonchev–Trinajstić information content (AvgIpc) is 2.91. The average molecular weight is 311 g/mol. The van der Waals surface area contributed by atoms with Crippen molar-refractivity contribution in [2.45, 2.75) is 46.7 Å². The van der Waals surface area contributed by atoms with Crippen LogP contribution < -0.4 is 5.32 Å². The Morgan fingerprint density at radius 3 is 2.70 bits per heavy atom. The standard InChI is InChI=1S/C19H25N3O/c1-5-17-18-9-8-15(4)21(18)10-11-22(17)19(23)20-16-12-13(2)6-7-14(16)3/h6-9,12,17H,5,10-11H2,1-4H3,(H,20,23)/t17-/m1/s1. The zero-order chi connectivity index (χ0) is 16.6. The van der Waals surface area contributed by atoms with E-state index in [0.717, 1.165) is 36.3 Å². The van der Waals surface area contributed by atoms with Crippen LogP contribution >= 0.6 is 0 Å². The lowest BCUT2D eigenvalue weighted by atomic mass is 10.1. The van der Waals surface area contributed by atoms with E-state index < -0.39 is 0 Å². The monoisotopic (exact) mass is 311 g/mol. The van der Waals surface area contributed by atoms with Gasteiger partial charge in [-0.05, 0) is 56.5 Å². The molecule has 0 saturated carbocycles. The molecule has 0 fully saturated rings. The first-order valence-electron chi connectivity index (χ1n) is 8.32. The largest absolute Gasteiger partial charge is 0.345 e. The van der Waals surface area contributed by atoms with Crippen LogP contribution in [0.5, 0.6) is 0 Å². The maximum atomic E-state index is 12.8. The molecule has 122 valence electrons. The molecule has 23 heavy (non-hydrogen) atoms. The van der Waals surface area contributed by atoms with Gasteiger partial charge in [0.1, 0.15) is 0 Å². The Bertz CT molecular complexity index is 732. The van der Waals surface area contributed by atoms with Crippen LogP contribution in [0, 0.1) is 20.8 Å². The fraction of sp³-hybridized carbons (Fsp3) is 0.421. The molecule has 1 aromatic carbocycles. The zero-order valence-corrected chi connectivity index (χ0v) is 14.4. The number of hydrogen-bond acceptors (Lipinski definition) is 1. The Morgan fingerprint density at radius 2 is 1.96 bits per heavy atom. The van der Waals surface area contributed by atoms with E-state index in [1.807, 2.05) is 30.9 Å². The molecular weight excluding hydrogens is 286 g/mol. The number of aromatic nitrogens is 1. The van der Waals surface area contributed by atoms with Crippen molar-refractivity contribution in [3.05, 3.63) is 52.8 Å². The summed E-state index contributed by atoms with van der Waals surface area (Å²) >= 11 is 0. The number of fused-ring (bicyclic) bond motifs is 1. The number of anilines is 1. The summed E-state index contributed by atoms with van der Waals surface area (Å²) in [6, 6.07) is 10.6. The molecule has 1 N–H and O–H groups in total. The second-order valence-electron chi connectivity index (χ2n) is 6.42. The maximum absolute atomic E-state index is 12.8. The third-order valence-corrected chi connectivity index (χ3v) is 4.80. The first-order valence-corrected chi connectivity index (χ1v) is 8.32. The second kappa shape index (κ2) is 6.11. The Balaban J connectivity index is 1.83. The molecule has 2 aromatic rings. The highest BCUT2D eigenvalue weighted by Gasteiger charge is 2.30. The highest BCUT2D eigenvalue weighted by atomic mass is 16.2. The molecule has 0 bridgehead atoms. The third kappa shape index (κ3) is 2.85. The van der Waals surface area contributed by atoms with Gasteiger partial charge in [0.2, 0.25) is 0 Å². The van der Waals surface area contributed by atoms with Gasteiger partial charge in [0.25, 0.3) is 0 Å². The van der Waals surface area contributed by atoms with Crippen LogP contribution in [0.1, 0.15) is 41.9 Å². The van der Waals surface area contributed by atoms with Crippen LogP contribution in [0.15, 0.2) is 30.3 Å². The maximum Gasteiger partial charge on any atom is 0.322 e. The normalized spacial score (nSPS) is 17.0. The van der Waals surface area contributed by atoms with E-state index in [1.165, 1.54) is 11.4 Å². The van der Waals surface area contributed by atoms with Crippen LogP contribution in [0.4, 0.5) is 10.5 Å². The van der Waals surface area contributed by atoms with Gasteiger partial charge in [-0.15, -0.1) is 0 Å². The first-order chi connectivity index (χ1) is 11.0. The van der Waals surface area contributed by atoms with Gasteiger partial charge in [-0.2, -0.15) is 0 Å². The summed E-state index contributed by atoms with van der Waals surface area (Å²) in [5, 5.41) is 3.10. The SMILES string of the molecule is CC[C@@H]1c2ccc(C)n2CCN1C(=O)Nc1cc(C)ccc1C. The van der Waals surface area contributed by atoms with E-state index in [2.05, 4.69) is 41.9 Å². The Morgan fingerprint density at radius 1 is 1.17 bits per heavy atom. The summed E-state index contributed by atoms with van der Waals surface area (Å²) in [5.41, 5.74) is 5.66. The van der Waals surface area contributed by atoms with Gasteiger partial charge in [-0.3, -0.25) is 0 Å². The van der Waals surface area contributed by atoms with E-state index in [0.29, 0.717) is 0 Å². The van der Waals surface area contributed by atoms with E-state index in [-0.39, 0.29) is 12.1 Å². The van der Waals surface area contributed by atoms with Crippen molar-refractivity contribution in [3.63, 3.8) is 0 Å². The molecule has 2 amide bonds. The van der Waals surface area contributed by atoms with Gasteiger partial charge >= 0.3 is 6.03 Å². The van der Waals surface area contributed by atoms with Gasteiger partial charge in [0.05, 0.1) is 6.04 Å². The van der Waals surface area contributed by atoms with Crippen molar-refractivity contribution in [1.29, 1.82) is 0 Å². The highest BCUT2D eigenvalue weighted by molar-refractivity contribution is 5.90. The molecule has 2 heterocycles. The smallest absolute Gasteiger partial charge is 0.322 e. The molecule has 0 radical (unpaired) electrons. The molecule has 4 nitrogen and oxygen atoms in total. The van der Waals surface area contributed by atoms with Crippen LogP contribution in [0.25, 0.3) is 0 Å². The Kier molecular flexibility index (Phi) is 4.16. The van der Waals surface area contributed by atoms with Crippen molar-refractivity contribution in [2.24, 2.45) is 0 Å². The number of nitrogens with zero attached hydrogens (tertiary/aromatic N) is 2. The molecule has 1 aromatic heterocycles. The topological polar surface area (TPSA) is 37.3 Å². The molecule has 4 heteroatoms. The minimum Gasteiger partial charge on any atom is -0.345 e. The van der Waals surface area contributed by atoms with Crippen molar-refractivity contribution in [3.8, 4) is 0 Å². The zero-order valence-electron chi connectivity index (χ0n) is 14.4. The van der Waals surface area contributed by atoms with Gasteiger partial charge in [0.15, 0.2) is 0 Å². The predicted octanol–water partition coefficient (Wildman–Crippen LogP) is 4.41. The molecule has 0 saturated heterocycles. The summed E-state index contributed by atoms with van der Waals surface area (Å²) in [4.78, 5) is 14.8. The molecule has 0 aliphatic carbocycles. The summed E-state index contributed by atoms with van der Waals surface area (Å²) < 4.78 is 2.33. The Labute approximate surface area is 138 Å². The molecular formula is C19H25N3O. The number of urea groups is 1. The Hall–Kier alpha value is -2.23. The predicted molar refractivity (Wildman–Crippen MR) is 93.8 cm³/mol. The number of hydrogen-bond donors (Lipinski definition) is 1. The van der Waals surface area contributed by atoms with Crippen LogP contribution in [-0.2, 0) is 6.54 Å². The lowest BCUT2D eigenvalue weighted by molar-refractivity contribution is 0.165. The fourth-order valence-corrected chi connectivity index (χ4v) is 3.44. The van der Waals surface area contributed by atoms with E-state index in [9.17, 15) is 4.79 Å². The summed E-state index contributed by atoms with van der Waals surface area (Å²) in [5.74, 6) is 0. The van der Waals surface area contributed by atoms with E-state index in [1.54, 1.807) is 0 Å². The minimum absolute atomic E-state index is 0.00402. The lowest BCUT2D eigenvalue weighted by Crippen LogP contribution is -2.44. The fourth-order valence-electron chi connectivity index (χ4n) is 3.44. The number of carbonyl (C=O) groups is 1. The number of aryl methyl sites for hydroxylation is 3. The summed E-state index contributed by atoms with van der Waals surface area (Å²) in [6.45, 7) is 9.95. The van der Waals surface area contributed by atoms with E-state index in [4.69, 9.17) is 0 Å². The van der Waals surface area contributed by atoms with Crippen molar-refractivity contribution in [1.82, 2.24) is 9.47 Å². The van der Waals surface area contributed by atoms with Crippen molar-refractivity contribution < 1.29 is 4.79 Å². The van der Waals surface area contributed by atoms with Gasteiger partial charge in [-0.1, -0.05) is 19.1 Å². The summed E-state index contributed by atoms with van der Waals surface area (Å²) in [6.07, 6.45) is 0.920. The number of benzene rings is 1. The van der Waals surface area contributed by atoms with Crippen LogP contribution in [-0.4, -0.2) is 22.0 Å². The van der Waals surface area contributed by atoms with Gasteiger partial charge in [0, 0.05) is 30.2 Å². The second-order valence-corrected chi connectivity index (χ2v) is 6.42. The van der Waals surface area contributed by atoms with Gasteiger partial charge in [-0.25, -0.2) is 4.79 Å². The minimum atomic E-state index is -0.00402. The number of nitrogens with one attached hydrogen (secondary N) is 1. The molecule has 1 atom stereocenters. The quantitative estimate of drug-likeness (QED) is 0.876. The molecule has 1 aliphatic heterocycles. The number of rotatable bonds is 2. The van der Waals surface area contributed by atoms with Crippen LogP contribution in [0.2, 0.25) is 0 Å². The van der Waals surface area contributed by atoms with E-state index >= 15 is 0 Å². The van der Waals surface area contributed by atoms with Gasteiger partial charge < -0.3 is 14.8 Å². The van der Waals surface area contributed by atoms with Crippen molar-refractivity contribution >= 4 is 11.7 Å². The molecule has 1 aliphatic rings. The lowest BCUT2D eigenvalue weighted by Gasteiger charge is -2.37.